The third-order valence-corrected chi connectivity index (χ3v) is 11.9. The topological polar surface area (TPSA) is 0 Å². The van der Waals surface area contributed by atoms with Gasteiger partial charge in [0.1, 0.15) is 16.5 Å². The summed E-state index contributed by atoms with van der Waals surface area (Å²) in [7, 11) is 3.91. The minimum absolute atomic E-state index is 0.360. The van der Waals surface area contributed by atoms with Gasteiger partial charge in [-0.3, -0.25) is 0 Å². The molecule has 0 bridgehead atoms. The van der Waals surface area contributed by atoms with Gasteiger partial charge in [-0.1, -0.05) is 0 Å². The lowest BCUT2D eigenvalue weighted by molar-refractivity contribution is 1.45. The SMILES string of the molecule is SCSC(C[S+](CSS)SCS)SCS. The van der Waals surface area contributed by atoms with Crippen LogP contribution in [0.1, 0.15) is 0 Å². The normalized spacial score (nSPS) is 13.4. The highest BCUT2D eigenvalue weighted by atomic mass is 33.2. The molecule has 0 saturated heterocycles. The molecule has 9 heteroatoms. The summed E-state index contributed by atoms with van der Waals surface area (Å²) >= 11 is 20.8. The lowest BCUT2D eigenvalue weighted by Crippen LogP contribution is -2.15. The fourth-order valence-corrected chi connectivity index (χ4v) is 12.8. The van der Waals surface area contributed by atoms with Crippen molar-refractivity contribution in [3.8, 4) is 0 Å². The Kier molecular flexibility index (Phi) is 16.4. The summed E-state index contributed by atoms with van der Waals surface area (Å²) in [6, 6.07) is 0. The fraction of sp³-hybridized carbons (Fsp3) is 1.00. The van der Waals surface area contributed by atoms with E-state index in [1.54, 1.807) is 10.8 Å². The Balaban J connectivity index is 3.93. The predicted octanol–water partition coefficient (Wildman–Crippen LogP) is 4.24. The van der Waals surface area contributed by atoms with Crippen LogP contribution in [0.5, 0.6) is 0 Å². The number of hydrogen-bond donors (Lipinski definition) is 4. The zero-order chi connectivity index (χ0) is 11.5. The van der Waals surface area contributed by atoms with Gasteiger partial charge >= 0.3 is 0 Å². The lowest BCUT2D eigenvalue weighted by Gasteiger charge is -2.13. The van der Waals surface area contributed by atoms with Crippen molar-refractivity contribution in [2.45, 2.75) is 4.58 Å². The molecular formula is C6H15S9+. The molecule has 0 aliphatic rings. The van der Waals surface area contributed by atoms with E-state index in [0.717, 1.165) is 20.3 Å². The second kappa shape index (κ2) is 13.6. The second-order valence-electron chi connectivity index (χ2n) is 2.12. The highest BCUT2D eigenvalue weighted by Crippen LogP contribution is 2.33. The van der Waals surface area contributed by atoms with Crippen molar-refractivity contribution >= 4 is 105 Å². The van der Waals surface area contributed by atoms with Crippen molar-refractivity contribution in [3.05, 3.63) is 0 Å². The standard InChI is InChI=1S/C6H14S9/c7-2-11-6(12-3-8)1-15(5-13-10)14-4-9/h6H,1-5H2,(H3-,7,8,9,10)/p+1. The molecule has 0 amide bonds. The first-order valence-electron chi connectivity index (χ1n) is 3.91. The molecule has 0 radical (unpaired) electrons. The first-order chi connectivity index (χ1) is 7.28. The van der Waals surface area contributed by atoms with Crippen molar-refractivity contribution in [2.24, 2.45) is 0 Å². The molecule has 0 aromatic rings. The Morgan fingerprint density at radius 3 is 2.00 bits per heavy atom. The maximum absolute atomic E-state index is 4.27. The maximum Gasteiger partial charge on any atom is 0.175 e. The summed E-state index contributed by atoms with van der Waals surface area (Å²) < 4.78 is 0.608. The molecule has 1 atom stereocenters. The van der Waals surface area contributed by atoms with Gasteiger partial charge in [-0.2, -0.15) is 37.9 Å². The molecule has 92 valence electrons. The predicted molar refractivity (Wildman–Crippen MR) is 102 cm³/mol. The second-order valence-corrected chi connectivity index (χ2v) is 12.9. The Bertz CT molecular complexity index is 106. The van der Waals surface area contributed by atoms with E-state index in [9.17, 15) is 0 Å². The van der Waals surface area contributed by atoms with E-state index in [1.807, 2.05) is 34.3 Å². The maximum atomic E-state index is 4.27. The van der Waals surface area contributed by atoms with Crippen LogP contribution in [-0.2, 0) is 9.93 Å². The average Bonchev–Trinajstić information content (AvgIpc) is 2.19. The van der Waals surface area contributed by atoms with Gasteiger partial charge in [0.2, 0.25) is 0 Å². The first-order valence-corrected chi connectivity index (χ1v) is 13.0. The quantitative estimate of drug-likeness (QED) is 0.195. The van der Waals surface area contributed by atoms with Crippen LogP contribution >= 0.6 is 94.7 Å². The third-order valence-electron chi connectivity index (χ3n) is 1.25. The van der Waals surface area contributed by atoms with E-state index in [2.05, 4.69) is 49.5 Å². The molecule has 0 aromatic carbocycles. The van der Waals surface area contributed by atoms with Gasteiger partial charge in [0.05, 0.1) is 19.6 Å². The zero-order valence-electron chi connectivity index (χ0n) is 7.94. The highest BCUT2D eigenvalue weighted by molar-refractivity contribution is 8.81. The van der Waals surface area contributed by atoms with Crippen molar-refractivity contribution in [1.29, 1.82) is 0 Å². The highest BCUT2D eigenvalue weighted by Gasteiger charge is 2.25. The largest absolute Gasteiger partial charge is 0.175 e. The van der Waals surface area contributed by atoms with Gasteiger partial charge < -0.3 is 0 Å². The molecule has 0 spiro atoms. The molecule has 0 aliphatic carbocycles. The summed E-state index contributed by atoms with van der Waals surface area (Å²) in [4.78, 5) is 0. The molecule has 0 saturated carbocycles. The molecule has 15 heavy (non-hydrogen) atoms. The molecule has 0 aromatic heterocycles. The number of thioether (sulfide) groups is 2. The van der Waals surface area contributed by atoms with Gasteiger partial charge in [0.15, 0.2) is 5.08 Å². The number of thiol groups is 4. The summed E-state index contributed by atoms with van der Waals surface area (Å²) in [6.45, 7) is 0. The van der Waals surface area contributed by atoms with Crippen molar-refractivity contribution in [1.82, 2.24) is 0 Å². The summed E-state index contributed by atoms with van der Waals surface area (Å²) in [6.07, 6.45) is 0. The van der Waals surface area contributed by atoms with E-state index in [-0.39, 0.29) is 0 Å². The van der Waals surface area contributed by atoms with Crippen LogP contribution in [0.4, 0.5) is 0 Å². The first kappa shape index (κ1) is 18.1. The Labute approximate surface area is 134 Å². The number of rotatable bonds is 10. The Morgan fingerprint density at radius 1 is 1.00 bits per heavy atom. The zero-order valence-corrected chi connectivity index (χ0v) is 15.6. The molecular weight excluding hydrogens is 361 g/mol. The molecule has 0 heterocycles. The summed E-state index contributed by atoms with van der Waals surface area (Å²) in [5.41, 5.74) is 0. The summed E-state index contributed by atoms with van der Waals surface area (Å²) in [5.74, 6) is 1.20. The molecule has 0 fully saturated rings. The lowest BCUT2D eigenvalue weighted by atomic mass is 10.9. The van der Waals surface area contributed by atoms with Crippen molar-refractivity contribution in [3.63, 3.8) is 0 Å². The third kappa shape index (κ3) is 10.7. The minimum Gasteiger partial charge on any atom is -0.168 e. The van der Waals surface area contributed by atoms with E-state index < -0.39 is 0 Å². The fourth-order valence-electron chi connectivity index (χ4n) is 0.726. The van der Waals surface area contributed by atoms with Crippen LogP contribution in [0.3, 0.4) is 0 Å². The van der Waals surface area contributed by atoms with Gasteiger partial charge in [-0.05, 0) is 10.8 Å². The smallest absolute Gasteiger partial charge is 0.168 e. The van der Waals surface area contributed by atoms with Crippen molar-refractivity contribution in [2.75, 3.05) is 26.1 Å². The Morgan fingerprint density at radius 2 is 1.60 bits per heavy atom. The van der Waals surface area contributed by atoms with Gasteiger partial charge in [0, 0.05) is 10.2 Å². The van der Waals surface area contributed by atoms with Crippen LogP contribution in [0, 0.1) is 0 Å². The van der Waals surface area contributed by atoms with Crippen LogP contribution < -0.4 is 0 Å². The van der Waals surface area contributed by atoms with Crippen LogP contribution in [-0.4, -0.2) is 30.7 Å². The molecule has 0 aliphatic heterocycles. The van der Waals surface area contributed by atoms with Crippen LogP contribution in [0.2, 0.25) is 0 Å². The van der Waals surface area contributed by atoms with Crippen LogP contribution in [0.15, 0.2) is 0 Å². The van der Waals surface area contributed by atoms with Crippen LogP contribution in [0.25, 0.3) is 0 Å². The number of hydrogen-bond acceptors (Lipinski definition) is 8. The minimum atomic E-state index is 0.360. The van der Waals surface area contributed by atoms with E-state index >= 15 is 0 Å². The molecule has 0 rings (SSSR count). The summed E-state index contributed by atoms with van der Waals surface area (Å²) in [5, 5.41) is 3.75. The van der Waals surface area contributed by atoms with Gasteiger partial charge in [0.25, 0.3) is 0 Å². The monoisotopic (exact) mass is 375 g/mol. The van der Waals surface area contributed by atoms with E-state index in [0.29, 0.717) is 14.5 Å². The van der Waals surface area contributed by atoms with E-state index in [1.165, 1.54) is 5.75 Å². The molecule has 1 unspecified atom stereocenters. The molecule has 0 N–H and O–H groups in total. The average molecular weight is 376 g/mol. The van der Waals surface area contributed by atoms with Gasteiger partial charge in [-0.15, -0.1) is 35.2 Å². The van der Waals surface area contributed by atoms with Crippen molar-refractivity contribution < 1.29 is 0 Å². The van der Waals surface area contributed by atoms with E-state index in [4.69, 9.17) is 0 Å². The molecule has 0 nitrogen and oxygen atoms in total. The van der Waals surface area contributed by atoms with Gasteiger partial charge in [-0.25, -0.2) is 0 Å². The Hall–Kier alpha value is 3.15.